The maximum atomic E-state index is 13.9. The van der Waals surface area contributed by atoms with Crippen LogP contribution in [0.5, 0.6) is 0 Å². The minimum absolute atomic E-state index is 0.0413. The van der Waals surface area contributed by atoms with Gasteiger partial charge in [0, 0.05) is 26.0 Å². The smallest absolute Gasteiger partial charge is 0.376 e. The average Bonchev–Trinajstić information content (AvgIpc) is 3.56. The first-order valence-electron chi connectivity index (χ1n) is 14.2. The van der Waals surface area contributed by atoms with Crippen molar-refractivity contribution in [2.24, 2.45) is 0 Å². The highest BCUT2D eigenvalue weighted by molar-refractivity contribution is 5.85. The Hall–Kier alpha value is -2.50. The van der Waals surface area contributed by atoms with Gasteiger partial charge in [-0.1, -0.05) is 36.4 Å². The van der Waals surface area contributed by atoms with Crippen LogP contribution in [0.4, 0.5) is 13.2 Å². The highest BCUT2D eigenvalue weighted by Crippen LogP contribution is 2.44. The number of aryl methyl sites for hydroxylation is 1. The molecular formula is C31H38F3NO6. The number of fused-ring (bicyclic) bond motifs is 1. The van der Waals surface area contributed by atoms with E-state index in [2.05, 4.69) is 5.32 Å². The van der Waals surface area contributed by atoms with E-state index in [1.807, 2.05) is 45.0 Å². The van der Waals surface area contributed by atoms with Crippen LogP contribution in [0.3, 0.4) is 0 Å². The Morgan fingerprint density at radius 2 is 1.80 bits per heavy atom. The summed E-state index contributed by atoms with van der Waals surface area (Å²) in [6.45, 7) is 6.93. The van der Waals surface area contributed by atoms with Gasteiger partial charge < -0.3 is 29.0 Å². The lowest BCUT2D eigenvalue weighted by Crippen LogP contribution is -2.60. The predicted molar refractivity (Wildman–Crippen MR) is 144 cm³/mol. The molecule has 1 N–H and O–H groups in total. The number of amides is 1. The van der Waals surface area contributed by atoms with E-state index in [0.717, 1.165) is 36.1 Å². The van der Waals surface area contributed by atoms with Crippen LogP contribution in [0.25, 0.3) is 0 Å². The van der Waals surface area contributed by atoms with E-state index >= 15 is 0 Å². The lowest BCUT2D eigenvalue weighted by Gasteiger charge is -2.43. The van der Waals surface area contributed by atoms with Crippen molar-refractivity contribution in [1.29, 1.82) is 0 Å². The third-order valence-corrected chi connectivity index (χ3v) is 8.09. The van der Waals surface area contributed by atoms with Crippen molar-refractivity contribution in [1.82, 2.24) is 5.32 Å². The molecule has 0 radical (unpaired) electrons. The van der Waals surface area contributed by atoms with E-state index < -0.39 is 41.4 Å². The lowest BCUT2D eigenvalue weighted by atomic mass is 9.78. The summed E-state index contributed by atoms with van der Waals surface area (Å²) >= 11 is 0. The molecule has 1 amide bonds. The van der Waals surface area contributed by atoms with E-state index in [-0.39, 0.29) is 38.1 Å². The van der Waals surface area contributed by atoms with Gasteiger partial charge in [-0.2, -0.15) is 13.2 Å². The molecule has 10 heteroatoms. The molecule has 1 aliphatic carbocycles. The third-order valence-electron chi connectivity index (χ3n) is 8.09. The number of hydrogen-bond acceptors (Lipinski definition) is 6. The Morgan fingerprint density at radius 1 is 1.05 bits per heavy atom. The number of halogens is 3. The molecule has 5 atom stereocenters. The quantitative estimate of drug-likeness (QED) is 0.427. The summed E-state index contributed by atoms with van der Waals surface area (Å²) in [5, 5.41) is 3.05. The number of hydrogen-bond donors (Lipinski definition) is 1. The molecule has 5 rings (SSSR count). The summed E-state index contributed by atoms with van der Waals surface area (Å²) < 4.78 is 70.1. The third kappa shape index (κ3) is 7.11. The topological polar surface area (TPSA) is 75.3 Å². The fourth-order valence-corrected chi connectivity index (χ4v) is 5.86. The summed E-state index contributed by atoms with van der Waals surface area (Å²) in [6, 6.07) is 12.7. The van der Waals surface area contributed by atoms with Crippen molar-refractivity contribution in [3.8, 4) is 0 Å². The molecule has 2 aliphatic heterocycles. The second kappa shape index (κ2) is 12.0. The normalized spacial score (nSPS) is 29.3. The van der Waals surface area contributed by atoms with Crippen molar-refractivity contribution in [3.63, 3.8) is 0 Å². The number of rotatable bonds is 9. The van der Waals surface area contributed by atoms with E-state index in [4.69, 9.17) is 23.7 Å². The van der Waals surface area contributed by atoms with Crippen LogP contribution >= 0.6 is 0 Å². The van der Waals surface area contributed by atoms with Crippen LogP contribution in [0.15, 0.2) is 48.5 Å². The summed E-state index contributed by atoms with van der Waals surface area (Å²) in [4.78, 5) is 13.9. The van der Waals surface area contributed by atoms with Gasteiger partial charge in [0.15, 0.2) is 11.4 Å². The summed E-state index contributed by atoms with van der Waals surface area (Å²) in [5.74, 6) is -1.16. The molecule has 3 fully saturated rings. The van der Waals surface area contributed by atoms with Crippen molar-refractivity contribution in [3.05, 3.63) is 70.8 Å². The lowest BCUT2D eigenvalue weighted by molar-refractivity contribution is -0.183. The molecule has 7 nitrogen and oxygen atoms in total. The van der Waals surface area contributed by atoms with Gasteiger partial charge in [0.1, 0.15) is 6.10 Å². The zero-order valence-electron chi connectivity index (χ0n) is 23.7. The fourth-order valence-electron chi connectivity index (χ4n) is 5.86. The monoisotopic (exact) mass is 577 g/mol. The maximum absolute atomic E-state index is 13.9. The molecule has 3 aliphatic rings. The molecule has 2 saturated heterocycles. The van der Waals surface area contributed by atoms with Crippen molar-refractivity contribution in [2.75, 3.05) is 13.2 Å². The Labute approximate surface area is 238 Å². The van der Waals surface area contributed by atoms with Gasteiger partial charge in [-0.15, -0.1) is 0 Å². The molecule has 2 aromatic carbocycles. The number of alkyl halides is 3. The summed E-state index contributed by atoms with van der Waals surface area (Å²) in [7, 11) is 0. The molecule has 224 valence electrons. The molecule has 0 aromatic heterocycles. The van der Waals surface area contributed by atoms with Crippen LogP contribution in [-0.4, -0.2) is 54.9 Å². The summed E-state index contributed by atoms with van der Waals surface area (Å²) in [5.41, 5.74) is 0.587. The second-order valence-electron chi connectivity index (χ2n) is 11.6. The van der Waals surface area contributed by atoms with Gasteiger partial charge in [0.05, 0.1) is 37.1 Å². The average molecular weight is 578 g/mol. The van der Waals surface area contributed by atoms with Crippen LogP contribution in [0.1, 0.15) is 61.8 Å². The van der Waals surface area contributed by atoms with Crippen LogP contribution < -0.4 is 5.32 Å². The second-order valence-corrected chi connectivity index (χ2v) is 11.6. The Kier molecular flexibility index (Phi) is 8.78. The molecule has 2 unspecified atom stereocenters. The fraction of sp³-hybridized carbons (Fsp3) is 0.581. The zero-order chi connectivity index (χ0) is 29.3. The Morgan fingerprint density at radius 3 is 2.49 bits per heavy atom. The van der Waals surface area contributed by atoms with Gasteiger partial charge >= 0.3 is 6.18 Å². The van der Waals surface area contributed by atoms with Gasteiger partial charge in [0.25, 0.3) is 5.91 Å². The van der Waals surface area contributed by atoms with Crippen molar-refractivity contribution in [2.45, 2.75) is 102 Å². The molecule has 1 saturated carbocycles. The number of nitrogens with one attached hydrogen (secondary N) is 1. The van der Waals surface area contributed by atoms with Crippen LogP contribution in [0.2, 0.25) is 0 Å². The predicted octanol–water partition coefficient (Wildman–Crippen LogP) is 5.46. The minimum atomic E-state index is -4.42. The SMILES string of the molecule is Cc1ccccc1CO[C@]1(C(=O)NCC2CCCO2)CC(OCc2ccc(C(F)(F)F)cc2)[C@@H]2OC(C)(C)O[C@@H]2C1. The van der Waals surface area contributed by atoms with Gasteiger partial charge in [0.2, 0.25) is 0 Å². The highest BCUT2D eigenvalue weighted by Gasteiger charge is 2.58. The zero-order valence-corrected chi connectivity index (χ0v) is 23.7. The molecule has 2 heterocycles. The van der Waals surface area contributed by atoms with Crippen molar-refractivity contribution >= 4 is 5.91 Å². The molecule has 2 aromatic rings. The molecule has 0 bridgehead atoms. The Balaban J connectivity index is 1.38. The van der Waals surface area contributed by atoms with Crippen molar-refractivity contribution < 1.29 is 41.7 Å². The van der Waals surface area contributed by atoms with Gasteiger partial charge in [-0.05, 0) is 62.4 Å². The van der Waals surface area contributed by atoms with Crippen LogP contribution in [0, 0.1) is 6.92 Å². The number of carbonyl (C=O) groups is 1. The molecule has 0 spiro atoms. The van der Waals surface area contributed by atoms with E-state index in [1.54, 1.807) is 0 Å². The van der Waals surface area contributed by atoms with E-state index in [9.17, 15) is 18.0 Å². The van der Waals surface area contributed by atoms with E-state index in [0.29, 0.717) is 18.7 Å². The van der Waals surface area contributed by atoms with Gasteiger partial charge in [-0.3, -0.25) is 4.79 Å². The van der Waals surface area contributed by atoms with E-state index in [1.165, 1.54) is 12.1 Å². The summed E-state index contributed by atoms with van der Waals surface area (Å²) in [6.07, 6.45) is -3.72. The first-order valence-corrected chi connectivity index (χ1v) is 14.2. The molecular weight excluding hydrogens is 539 g/mol. The maximum Gasteiger partial charge on any atom is 0.416 e. The number of carbonyl (C=O) groups excluding carboxylic acids is 1. The van der Waals surface area contributed by atoms with Gasteiger partial charge in [-0.25, -0.2) is 0 Å². The largest absolute Gasteiger partial charge is 0.416 e. The number of ether oxygens (including phenoxy) is 5. The van der Waals surface area contributed by atoms with Crippen LogP contribution in [-0.2, 0) is 47.9 Å². The Bertz CT molecular complexity index is 1200. The highest BCUT2D eigenvalue weighted by atomic mass is 19.4. The minimum Gasteiger partial charge on any atom is -0.376 e. The first kappa shape index (κ1) is 30.0. The standard InChI is InChI=1S/C31H38F3NO6/c1-20-7-4-5-8-22(20)19-39-30(28(36)35-17-24-9-6-14-37-24)15-25(27-26(16-30)40-29(2,3)41-27)38-18-21-10-12-23(13-11-21)31(32,33)34/h4-5,7-8,10-13,24-27H,6,9,14-19H2,1-3H3,(H,35,36)/t24?,25?,26-,27+,30-/m1/s1. The molecule has 41 heavy (non-hydrogen) atoms. The number of benzene rings is 2. The first-order chi connectivity index (χ1) is 19.4.